The van der Waals surface area contributed by atoms with Gasteiger partial charge in [0, 0.05) is 49.0 Å². The fourth-order valence-corrected chi connectivity index (χ4v) is 9.58. The SMILES string of the molecule is NC(/N=C(\N=C\n1c2ccccc2c2c3c4ccccc4c4c5ccccc5n(-c5ccccc5)c4c3c3ccccc3c21)c1ccc2ccccc2c1)c1ccccc1. The summed E-state index contributed by atoms with van der Waals surface area (Å²) in [5.41, 5.74) is 14.3. The van der Waals surface area contributed by atoms with Gasteiger partial charge in [-0.1, -0.05) is 170 Å². The molecule has 0 spiro atoms. The molecule has 2 N–H and O–H groups in total. The Hall–Kier alpha value is -7.86. The quantitative estimate of drug-likeness (QED) is 0.106. The number of nitrogens with two attached hydrogens (primary N) is 1. The number of hydrogen-bond donors (Lipinski definition) is 1. The highest BCUT2D eigenvalue weighted by Crippen LogP contribution is 2.49. The van der Waals surface area contributed by atoms with E-state index in [0.29, 0.717) is 5.84 Å². The van der Waals surface area contributed by atoms with Gasteiger partial charge in [-0.3, -0.25) is 4.57 Å². The van der Waals surface area contributed by atoms with Crippen molar-refractivity contribution in [3.63, 3.8) is 0 Å². The smallest absolute Gasteiger partial charge is 0.158 e. The first-order valence-corrected chi connectivity index (χ1v) is 20.4. The Bertz CT molecular complexity index is 3720. The van der Waals surface area contributed by atoms with E-state index in [4.69, 9.17) is 15.7 Å². The highest BCUT2D eigenvalue weighted by molar-refractivity contribution is 6.45. The summed E-state index contributed by atoms with van der Waals surface area (Å²) in [5.74, 6) is 0.563. The highest BCUT2D eigenvalue weighted by atomic mass is 15.1. The van der Waals surface area contributed by atoms with E-state index in [9.17, 15) is 0 Å². The molecule has 282 valence electrons. The molecular weight excluding hydrogens is 731 g/mol. The van der Waals surface area contributed by atoms with Crippen molar-refractivity contribution < 1.29 is 0 Å². The van der Waals surface area contributed by atoms with Gasteiger partial charge in [0.25, 0.3) is 0 Å². The average Bonchev–Trinajstić information content (AvgIpc) is 3.84. The van der Waals surface area contributed by atoms with E-state index in [1.165, 1.54) is 54.1 Å². The maximum absolute atomic E-state index is 6.82. The lowest BCUT2D eigenvalue weighted by Crippen LogP contribution is -2.12. The van der Waals surface area contributed by atoms with Crippen LogP contribution in [-0.4, -0.2) is 21.3 Å². The van der Waals surface area contributed by atoms with Crippen LogP contribution in [0.5, 0.6) is 0 Å². The summed E-state index contributed by atoms with van der Waals surface area (Å²) in [6.07, 6.45) is 1.36. The zero-order valence-corrected chi connectivity index (χ0v) is 32.6. The molecule has 0 saturated heterocycles. The summed E-state index contributed by atoms with van der Waals surface area (Å²) < 4.78 is 4.74. The molecule has 12 aromatic rings. The van der Waals surface area contributed by atoms with Crippen molar-refractivity contribution in [2.24, 2.45) is 15.7 Å². The third-order valence-corrected chi connectivity index (χ3v) is 12.2. The summed E-state index contributed by atoms with van der Waals surface area (Å²) in [6.45, 7) is 0. The summed E-state index contributed by atoms with van der Waals surface area (Å²) >= 11 is 0. The Kier molecular flexibility index (Phi) is 7.77. The Balaban J connectivity index is 1.22. The van der Waals surface area contributed by atoms with Crippen LogP contribution in [0.1, 0.15) is 17.3 Å². The number of amidine groups is 1. The normalized spacial score (nSPS) is 13.1. The summed E-state index contributed by atoms with van der Waals surface area (Å²) in [7, 11) is 0. The molecule has 2 heterocycles. The van der Waals surface area contributed by atoms with E-state index in [1.54, 1.807) is 0 Å². The Labute approximate surface area is 345 Å². The molecule has 5 nitrogen and oxygen atoms in total. The van der Waals surface area contributed by atoms with Crippen LogP contribution in [-0.2, 0) is 0 Å². The lowest BCUT2D eigenvalue weighted by Gasteiger charge is -2.16. The van der Waals surface area contributed by atoms with Gasteiger partial charge in [0.15, 0.2) is 5.84 Å². The molecule has 0 saturated carbocycles. The fraction of sp³-hybridized carbons (Fsp3) is 0.0182. The molecule has 0 aliphatic heterocycles. The molecule has 0 radical (unpaired) electrons. The number of hydrogen-bond acceptors (Lipinski definition) is 2. The summed E-state index contributed by atoms with van der Waals surface area (Å²) in [5, 5.41) is 14.4. The monoisotopic (exact) mass is 767 g/mol. The lowest BCUT2D eigenvalue weighted by molar-refractivity contribution is 0.775. The first-order valence-electron chi connectivity index (χ1n) is 20.4. The van der Waals surface area contributed by atoms with E-state index in [-0.39, 0.29) is 0 Å². The van der Waals surface area contributed by atoms with Gasteiger partial charge in [-0.2, -0.15) is 0 Å². The zero-order chi connectivity index (χ0) is 39.7. The molecule has 0 amide bonds. The molecule has 0 bridgehead atoms. The van der Waals surface area contributed by atoms with Crippen LogP contribution in [0.4, 0.5) is 0 Å². The van der Waals surface area contributed by atoms with Crippen molar-refractivity contribution in [1.29, 1.82) is 0 Å². The number of fused-ring (bicyclic) bond motifs is 16. The van der Waals surface area contributed by atoms with E-state index >= 15 is 0 Å². The number of para-hydroxylation sites is 3. The van der Waals surface area contributed by atoms with Crippen LogP contribution in [0.3, 0.4) is 0 Å². The van der Waals surface area contributed by atoms with E-state index in [0.717, 1.165) is 49.4 Å². The van der Waals surface area contributed by atoms with Gasteiger partial charge in [-0.05, 0) is 62.8 Å². The maximum atomic E-state index is 6.82. The van der Waals surface area contributed by atoms with Gasteiger partial charge in [0.05, 0.1) is 22.1 Å². The van der Waals surface area contributed by atoms with E-state index in [2.05, 4.69) is 179 Å². The van der Waals surface area contributed by atoms with Crippen molar-refractivity contribution >= 4 is 98.9 Å². The second-order valence-electron chi connectivity index (χ2n) is 15.5. The van der Waals surface area contributed by atoms with Gasteiger partial charge in [-0.25, -0.2) is 9.98 Å². The minimum atomic E-state index is -0.599. The largest absolute Gasteiger partial charge is 0.309 e. The lowest BCUT2D eigenvalue weighted by atomic mass is 9.90. The van der Waals surface area contributed by atoms with Crippen LogP contribution in [0.25, 0.3) is 92.4 Å². The van der Waals surface area contributed by atoms with Crippen molar-refractivity contribution in [2.75, 3.05) is 0 Å². The maximum Gasteiger partial charge on any atom is 0.158 e. The topological polar surface area (TPSA) is 60.6 Å². The van der Waals surface area contributed by atoms with Gasteiger partial charge in [0.1, 0.15) is 12.5 Å². The van der Waals surface area contributed by atoms with E-state index in [1.807, 2.05) is 36.7 Å². The van der Waals surface area contributed by atoms with Crippen LogP contribution in [0, 0.1) is 0 Å². The van der Waals surface area contributed by atoms with Gasteiger partial charge < -0.3 is 10.3 Å². The third-order valence-electron chi connectivity index (χ3n) is 12.2. The molecule has 2 aromatic heterocycles. The zero-order valence-electron chi connectivity index (χ0n) is 32.6. The minimum Gasteiger partial charge on any atom is -0.309 e. The Morgan fingerprint density at radius 1 is 0.450 bits per heavy atom. The molecule has 12 rings (SSSR count). The van der Waals surface area contributed by atoms with Crippen molar-refractivity contribution in [3.05, 3.63) is 211 Å². The standard InChI is InChI=1S/C55H37N5/c56-54(36-18-3-1-4-19-36)58-55(38-32-31-35-17-7-8-20-37(35)33-38)57-34-59-46-29-15-13-27-44(46)51-49-41-24-10-9-23-40(41)48-45-28-14-16-30-47(45)60(39-21-5-2-6-22-39)53(48)50(49)42-25-11-12-26-43(42)52(51)59/h1-34,54H,56H2/b57-34+,58-55-. The van der Waals surface area contributed by atoms with Crippen molar-refractivity contribution in [3.8, 4) is 5.69 Å². The second-order valence-corrected chi connectivity index (χ2v) is 15.5. The molecular formula is C55H37N5. The number of benzene rings is 10. The predicted octanol–water partition coefficient (Wildman–Crippen LogP) is 13.5. The highest BCUT2D eigenvalue weighted by Gasteiger charge is 2.25. The summed E-state index contributed by atoms with van der Waals surface area (Å²) in [4.78, 5) is 10.4. The van der Waals surface area contributed by atoms with E-state index < -0.39 is 6.17 Å². The van der Waals surface area contributed by atoms with Crippen LogP contribution >= 0.6 is 0 Å². The van der Waals surface area contributed by atoms with Gasteiger partial charge in [0.2, 0.25) is 0 Å². The third kappa shape index (κ3) is 5.16. The van der Waals surface area contributed by atoms with Crippen LogP contribution < -0.4 is 5.73 Å². The predicted molar refractivity (Wildman–Crippen MR) is 254 cm³/mol. The van der Waals surface area contributed by atoms with Crippen molar-refractivity contribution in [1.82, 2.24) is 9.13 Å². The summed E-state index contributed by atoms with van der Waals surface area (Å²) in [6, 6.07) is 70.9. The molecule has 10 aromatic carbocycles. The Morgan fingerprint density at radius 2 is 0.983 bits per heavy atom. The number of nitrogens with zero attached hydrogens (tertiary/aromatic N) is 4. The minimum absolute atomic E-state index is 0.563. The van der Waals surface area contributed by atoms with Gasteiger partial charge >= 0.3 is 0 Å². The number of rotatable bonds is 5. The molecule has 5 heteroatoms. The molecule has 0 fully saturated rings. The second kappa shape index (κ2) is 13.6. The molecule has 1 atom stereocenters. The number of aromatic nitrogens is 2. The first kappa shape index (κ1) is 34.2. The van der Waals surface area contributed by atoms with Crippen molar-refractivity contribution in [2.45, 2.75) is 6.17 Å². The average molecular weight is 768 g/mol. The Morgan fingerprint density at radius 3 is 1.72 bits per heavy atom. The first-order chi connectivity index (χ1) is 29.7. The molecule has 0 aliphatic rings. The number of aliphatic imine (C=N–C) groups is 2. The molecule has 60 heavy (non-hydrogen) atoms. The molecule has 1 unspecified atom stereocenters. The van der Waals surface area contributed by atoms with Gasteiger partial charge in [-0.15, -0.1) is 0 Å². The van der Waals surface area contributed by atoms with Crippen LogP contribution in [0.15, 0.2) is 210 Å². The fourth-order valence-electron chi connectivity index (χ4n) is 9.58. The van der Waals surface area contributed by atoms with Crippen LogP contribution in [0.2, 0.25) is 0 Å². The molecule has 0 aliphatic carbocycles.